The van der Waals surface area contributed by atoms with Crippen molar-refractivity contribution in [2.75, 3.05) is 32.2 Å². The van der Waals surface area contributed by atoms with Crippen LogP contribution in [0.2, 0.25) is 0 Å². The number of likely N-dealkylation sites (N-methyl/N-ethyl adjacent to an activating group) is 1. The van der Waals surface area contributed by atoms with Gasteiger partial charge < -0.3 is 19.6 Å². The van der Waals surface area contributed by atoms with Gasteiger partial charge in [0.2, 0.25) is 0 Å². The Morgan fingerprint density at radius 3 is 2.34 bits per heavy atom. The van der Waals surface area contributed by atoms with Gasteiger partial charge in [0.1, 0.15) is 11.5 Å². The Hall–Kier alpha value is -3.71. The van der Waals surface area contributed by atoms with E-state index in [1.54, 1.807) is 13.3 Å². The molecule has 3 aromatic heterocycles. The standard InChI is InChI=1S/C23H22N6O.C2H6/c1-29(11-12-30-2)16-7-9-18-21(14-16)27-22(25-18)15-6-8-17-20(13-15)28-23(26-17)19-5-3-4-10-24-19;1-2/h3-10,13-14H,11-12H2,1-2H3,(H,25,27)(H,26,28);1-2H3. The number of fused-ring (bicyclic) bond motifs is 2. The SMILES string of the molecule is CC.COCCN(C)c1ccc2nc(-c3ccc4nc(-c5ccccn5)[nH]c4c3)[nH]c2c1. The van der Waals surface area contributed by atoms with Crippen LogP contribution in [-0.4, -0.2) is 52.2 Å². The van der Waals surface area contributed by atoms with Gasteiger partial charge in [0, 0.05) is 38.1 Å². The molecule has 32 heavy (non-hydrogen) atoms. The minimum atomic E-state index is 0.688. The highest BCUT2D eigenvalue weighted by molar-refractivity contribution is 5.86. The lowest BCUT2D eigenvalue weighted by Crippen LogP contribution is -2.21. The Morgan fingerprint density at radius 1 is 0.875 bits per heavy atom. The Labute approximate surface area is 187 Å². The molecule has 5 aromatic rings. The van der Waals surface area contributed by atoms with Gasteiger partial charge in [-0.15, -0.1) is 0 Å². The van der Waals surface area contributed by atoms with Crippen molar-refractivity contribution in [2.45, 2.75) is 13.8 Å². The number of H-pyrrole nitrogens is 2. The van der Waals surface area contributed by atoms with E-state index < -0.39 is 0 Å². The third-order valence-electron chi connectivity index (χ3n) is 5.20. The molecule has 0 saturated carbocycles. The predicted octanol–water partition coefficient (Wildman–Crippen LogP) is 5.28. The number of pyridine rings is 1. The number of aromatic amines is 2. The van der Waals surface area contributed by atoms with E-state index in [1.165, 1.54) is 0 Å². The number of nitrogens with one attached hydrogen (secondary N) is 2. The van der Waals surface area contributed by atoms with E-state index in [0.717, 1.165) is 57.2 Å². The third-order valence-corrected chi connectivity index (χ3v) is 5.20. The van der Waals surface area contributed by atoms with Crippen LogP contribution in [0.25, 0.3) is 45.0 Å². The van der Waals surface area contributed by atoms with Crippen LogP contribution in [-0.2, 0) is 4.74 Å². The van der Waals surface area contributed by atoms with Crippen LogP contribution in [0.1, 0.15) is 13.8 Å². The second-order valence-electron chi connectivity index (χ2n) is 7.23. The molecule has 164 valence electrons. The predicted molar refractivity (Wildman–Crippen MR) is 131 cm³/mol. The molecule has 0 aliphatic carbocycles. The summed E-state index contributed by atoms with van der Waals surface area (Å²) in [5.41, 5.74) is 6.75. The number of methoxy groups -OCH3 is 1. The Morgan fingerprint density at radius 2 is 1.59 bits per heavy atom. The number of hydrogen-bond acceptors (Lipinski definition) is 5. The number of anilines is 1. The lowest BCUT2D eigenvalue weighted by Gasteiger charge is -2.18. The van der Waals surface area contributed by atoms with Gasteiger partial charge in [0.15, 0.2) is 5.82 Å². The fourth-order valence-electron chi connectivity index (χ4n) is 3.51. The molecule has 2 N–H and O–H groups in total. The van der Waals surface area contributed by atoms with Crippen LogP contribution in [0, 0.1) is 0 Å². The van der Waals surface area contributed by atoms with Gasteiger partial charge in [-0.25, -0.2) is 9.97 Å². The third kappa shape index (κ3) is 4.33. The van der Waals surface area contributed by atoms with E-state index in [-0.39, 0.29) is 0 Å². The van der Waals surface area contributed by atoms with Gasteiger partial charge in [-0.05, 0) is 48.5 Å². The first-order valence-electron chi connectivity index (χ1n) is 10.8. The van der Waals surface area contributed by atoms with Crippen molar-refractivity contribution < 1.29 is 4.74 Å². The summed E-state index contributed by atoms with van der Waals surface area (Å²) in [5.74, 6) is 1.59. The highest BCUT2D eigenvalue weighted by Crippen LogP contribution is 2.27. The van der Waals surface area contributed by atoms with E-state index in [2.05, 4.69) is 50.1 Å². The number of benzene rings is 2. The molecule has 7 heteroatoms. The van der Waals surface area contributed by atoms with Crippen molar-refractivity contribution in [3.8, 4) is 22.9 Å². The Bertz CT molecular complexity index is 1310. The average Bonchev–Trinajstić information content (AvgIpc) is 3.47. The summed E-state index contributed by atoms with van der Waals surface area (Å²) in [6.45, 7) is 5.52. The highest BCUT2D eigenvalue weighted by Gasteiger charge is 2.11. The summed E-state index contributed by atoms with van der Waals surface area (Å²) in [6.07, 6.45) is 1.77. The number of rotatable bonds is 6. The molecule has 0 saturated heterocycles. The van der Waals surface area contributed by atoms with Crippen LogP contribution in [0.4, 0.5) is 5.69 Å². The maximum atomic E-state index is 5.17. The molecule has 0 fully saturated rings. The summed E-state index contributed by atoms with van der Waals surface area (Å²) >= 11 is 0. The van der Waals surface area contributed by atoms with Crippen molar-refractivity contribution in [2.24, 2.45) is 0 Å². The average molecular weight is 429 g/mol. The highest BCUT2D eigenvalue weighted by atomic mass is 16.5. The van der Waals surface area contributed by atoms with Crippen LogP contribution >= 0.6 is 0 Å². The zero-order valence-corrected chi connectivity index (χ0v) is 18.9. The topological polar surface area (TPSA) is 82.7 Å². The van der Waals surface area contributed by atoms with Gasteiger partial charge in [-0.1, -0.05) is 19.9 Å². The lowest BCUT2D eigenvalue weighted by atomic mass is 10.2. The van der Waals surface area contributed by atoms with Gasteiger partial charge in [-0.2, -0.15) is 0 Å². The van der Waals surface area contributed by atoms with Crippen LogP contribution in [0.5, 0.6) is 0 Å². The van der Waals surface area contributed by atoms with Gasteiger partial charge in [0.25, 0.3) is 0 Å². The molecule has 0 unspecified atom stereocenters. The molecule has 3 heterocycles. The fourth-order valence-corrected chi connectivity index (χ4v) is 3.51. The van der Waals surface area contributed by atoms with E-state index in [1.807, 2.05) is 50.2 Å². The number of nitrogens with zero attached hydrogens (tertiary/aromatic N) is 4. The van der Waals surface area contributed by atoms with Crippen LogP contribution in [0.15, 0.2) is 60.8 Å². The first-order valence-corrected chi connectivity index (χ1v) is 10.8. The van der Waals surface area contributed by atoms with Crippen molar-refractivity contribution in [3.05, 3.63) is 60.8 Å². The maximum Gasteiger partial charge on any atom is 0.157 e. The van der Waals surface area contributed by atoms with Gasteiger partial charge >= 0.3 is 0 Å². The van der Waals surface area contributed by atoms with Crippen LogP contribution in [0.3, 0.4) is 0 Å². The molecule has 0 bridgehead atoms. The minimum Gasteiger partial charge on any atom is -0.383 e. The minimum absolute atomic E-state index is 0.688. The molecule has 0 atom stereocenters. The number of ether oxygens (including phenoxy) is 1. The molecule has 7 nitrogen and oxygen atoms in total. The zero-order valence-electron chi connectivity index (χ0n) is 18.9. The van der Waals surface area contributed by atoms with Crippen molar-refractivity contribution in [1.29, 1.82) is 0 Å². The normalized spacial score (nSPS) is 10.9. The summed E-state index contributed by atoms with van der Waals surface area (Å²) in [5, 5.41) is 0. The monoisotopic (exact) mass is 428 g/mol. The molecule has 5 rings (SSSR count). The zero-order chi connectivity index (χ0) is 22.5. The number of hydrogen-bond donors (Lipinski definition) is 2. The molecule has 0 aliphatic heterocycles. The molecule has 0 spiro atoms. The van der Waals surface area contributed by atoms with Gasteiger partial charge in [0.05, 0.1) is 28.7 Å². The quantitative estimate of drug-likeness (QED) is 0.385. The summed E-state index contributed by atoms with van der Waals surface area (Å²) in [7, 11) is 3.77. The molecule has 2 aromatic carbocycles. The largest absolute Gasteiger partial charge is 0.383 e. The summed E-state index contributed by atoms with van der Waals surface area (Å²) in [4.78, 5) is 22.8. The number of aromatic nitrogens is 5. The molecule has 0 radical (unpaired) electrons. The van der Waals surface area contributed by atoms with E-state index in [4.69, 9.17) is 9.72 Å². The smallest absolute Gasteiger partial charge is 0.157 e. The molecular weight excluding hydrogens is 400 g/mol. The van der Waals surface area contributed by atoms with Gasteiger partial charge in [-0.3, -0.25) is 4.98 Å². The van der Waals surface area contributed by atoms with E-state index >= 15 is 0 Å². The molecule has 0 amide bonds. The first kappa shape index (κ1) is 21.5. The Balaban J connectivity index is 0.00000119. The first-order chi connectivity index (χ1) is 15.7. The second-order valence-corrected chi connectivity index (χ2v) is 7.23. The van der Waals surface area contributed by atoms with Crippen molar-refractivity contribution in [3.63, 3.8) is 0 Å². The lowest BCUT2D eigenvalue weighted by molar-refractivity contribution is 0.206. The van der Waals surface area contributed by atoms with E-state index in [9.17, 15) is 0 Å². The molecular formula is C25H28N6O. The Kier molecular flexibility index (Phi) is 6.47. The summed E-state index contributed by atoms with van der Waals surface area (Å²) in [6, 6.07) is 18.1. The van der Waals surface area contributed by atoms with Crippen LogP contribution < -0.4 is 4.90 Å². The fraction of sp³-hybridized carbons (Fsp3) is 0.240. The van der Waals surface area contributed by atoms with Crippen molar-refractivity contribution in [1.82, 2.24) is 24.9 Å². The summed E-state index contributed by atoms with van der Waals surface area (Å²) < 4.78 is 5.17. The van der Waals surface area contributed by atoms with Crippen molar-refractivity contribution >= 4 is 27.8 Å². The maximum absolute atomic E-state index is 5.17. The second kappa shape index (κ2) is 9.62. The van der Waals surface area contributed by atoms with E-state index in [0.29, 0.717) is 6.61 Å². The molecule has 0 aliphatic rings. The number of imidazole rings is 2.